The quantitative estimate of drug-likeness (QED) is 0.611. The van der Waals surface area contributed by atoms with Gasteiger partial charge in [0.15, 0.2) is 0 Å². The van der Waals surface area contributed by atoms with E-state index in [9.17, 15) is 9.59 Å². The lowest BCUT2D eigenvalue weighted by molar-refractivity contribution is -0.127. The van der Waals surface area contributed by atoms with Crippen molar-refractivity contribution in [2.24, 2.45) is 0 Å². The van der Waals surface area contributed by atoms with Gasteiger partial charge < -0.3 is 23.7 Å². The fourth-order valence-corrected chi connectivity index (χ4v) is 4.84. The topological polar surface area (TPSA) is 72.2 Å². The summed E-state index contributed by atoms with van der Waals surface area (Å²) in [6.45, 7) is 10.6. The SMILES string of the molecule is CCOC(=O)N1CCN(C(=O)/C=C(\C)c2cc3c4c(oc3c(C)c2OCC)CCCC4)CC1. The van der Waals surface area contributed by atoms with Crippen molar-refractivity contribution in [3.05, 3.63) is 34.6 Å². The van der Waals surface area contributed by atoms with Gasteiger partial charge in [-0.25, -0.2) is 4.79 Å². The maximum absolute atomic E-state index is 13.0. The second-order valence-corrected chi connectivity index (χ2v) is 8.74. The van der Waals surface area contributed by atoms with Crippen LogP contribution in [0.25, 0.3) is 16.5 Å². The number of carbonyl (C=O) groups is 2. The van der Waals surface area contributed by atoms with E-state index >= 15 is 0 Å². The molecule has 2 aromatic rings. The van der Waals surface area contributed by atoms with Crippen LogP contribution in [-0.2, 0) is 22.4 Å². The first-order chi connectivity index (χ1) is 15.9. The minimum Gasteiger partial charge on any atom is -0.493 e. The first-order valence-electron chi connectivity index (χ1n) is 12.0. The van der Waals surface area contributed by atoms with Gasteiger partial charge >= 0.3 is 6.09 Å². The average molecular weight is 455 g/mol. The molecule has 0 spiro atoms. The van der Waals surface area contributed by atoms with E-state index in [4.69, 9.17) is 13.9 Å². The number of furan rings is 1. The second-order valence-electron chi connectivity index (χ2n) is 8.74. The summed E-state index contributed by atoms with van der Waals surface area (Å²) in [6.07, 6.45) is 5.72. The molecule has 178 valence electrons. The number of carbonyl (C=O) groups excluding carboxylic acids is 2. The van der Waals surface area contributed by atoms with Crippen molar-refractivity contribution in [2.75, 3.05) is 39.4 Å². The molecule has 1 aliphatic carbocycles. The Bertz CT molecular complexity index is 1080. The van der Waals surface area contributed by atoms with Crippen LogP contribution in [0.4, 0.5) is 4.79 Å². The number of nitrogens with zero attached hydrogens (tertiary/aromatic N) is 2. The molecule has 4 rings (SSSR count). The van der Waals surface area contributed by atoms with Crippen molar-refractivity contribution in [3.8, 4) is 5.75 Å². The van der Waals surface area contributed by atoms with Gasteiger partial charge in [-0.2, -0.15) is 0 Å². The number of aryl methyl sites for hydroxylation is 3. The molecule has 7 nitrogen and oxygen atoms in total. The molecular weight excluding hydrogens is 420 g/mol. The van der Waals surface area contributed by atoms with Crippen molar-refractivity contribution in [1.29, 1.82) is 0 Å². The van der Waals surface area contributed by atoms with Gasteiger partial charge in [-0.05, 0) is 58.6 Å². The van der Waals surface area contributed by atoms with Gasteiger partial charge in [-0.1, -0.05) is 0 Å². The van der Waals surface area contributed by atoms with Crippen molar-refractivity contribution >= 4 is 28.5 Å². The number of allylic oxidation sites excluding steroid dienone is 1. The van der Waals surface area contributed by atoms with E-state index in [0.29, 0.717) is 39.4 Å². The van der Waals surface area contributed by atoms with E-state index in [-0.39, 0.29) is 12.0 Å². The number of piperazine rings is 1. The third-order valence-electron chi connectivity index (χ3n) is 6.60. The van der Waals surface area contributed by atoms with Crippen molar-refractivity contribution in [1.82, 2.24) is 9.80 Å². The van der Waals surface area contributed by atoms with E-state index in [1.807, 2.05) is 20.8 Å². The van der Waals surface area contributed by atoms with Crippen LogP contribution < -0.4 is 4.74 Å². The summed E-state index contributed by atoms with van der Waals surface area (Å²) >= 11 is 0. The monoisotopic (exact) mass is 454 g/mol. The Hall–Kier alpha value is -2.96. The molecule has 33 heavy (non-hydrogen) atoms. The third-order valence-corrected chi connectivity index (χ3v) is 6.60. The zero-order valence-corrected chi connectivity index (χ0v) is 20.2. The highest BCUT2D eigenvalue weighted by molar-refractivity contribution is 5.98. The molecule has 1 aliphatic heterocycles. The molecular formula is C26H34N2O5. The third kappa shape index (κ3) is 4.59. The van der Waals surface area contributed by atoms with Crippen molar-refractivity contribution in [3.63, 3.8) is 0 Å². The number of amides is 2. The van der Waals surface area contributed by atoms with Crippen LogP contribution in [0.2, 0.25) is 0 Å². The normalized spacial score (nSPS) is 16.7. The summed E-state index contributed by atoms with van der Waals surface area (Å²) < 4.78 is 17.3. The Kier molecular flexibility index (Phi) is 6.96. The molecule has 0 bridgehead atoms. The maximum atomic E-state index is 13.0. The van der Waals surface area contributed by atoms with Gasteiger partial charge in [0.25, 0.3) is 0 Å². The summed E-state index contributed by atoms with van der Waals surface area (Å²) in [5.41, 5.74) is 5.00. The Labute approximate surface area is 195 Å². The highest BCUT2D eigenvalue weighted by Crippen LogP contribution is 2.41. The van der Waals surface area contributed by atoms with Crippen LogP contribution in [0.5, 0.6) is 5.75 Å². The van der Waals surface area contributed by atoms with Crippen LogP contribution in [0.1, 0.15) is 56.1 Å². The number of fused-ring (bicyclic) bond motifs is 3. The van der Waals surface area contributed by atoms with Crippen LogP contribution in [0.15, 0.2) is 16.6 Å². The molecule has 1 aromatic carbocycles. The van der Waals surface area contributed by atoms with Gasteiger partial charge in [0.05, 0.1) is 13.2 Å². The molecule has 0 atom stereocenters. The zero-order valence-electron chi connectivity index (χ0n) is 20.2. The van der Waals surface area contributed by atoms with Gasteiger partial charge in [0.1, 0.15) is 17.1 Å². The summed E-state index contributed by atoms with van der Waals surface area (Å²) in [4.78, 5) is 28.4. The summed E-state index contributed by atoms with van der Waals surface area (Å²) in [5, 5.41) is 1.14. The highest BCUT2D eigenvalue weighted by Gasteiger charge is 2.26. The van der Waals surface area contributed by atoms with Crippen LogP contribution in [-0.4, -0.2) is 61.2 Å². The van der Waals surface area contributed by atoms with E-state index < -0.39 is 0 Å². The number of hydrogen-bond donors (Lipinski definition) is 0. The minimum absolute atomic E-state index is 0.0505. The van der Waals surface area contributed by atoms with Crippen molar-refractivity contribution < 1.29 is 23.5 Å². The summed E-state index contributed by atoms with van der Waals surface area (Å²) in [7, 11) is 0. The number of rotatable bonds is 5. The van der Waals surface area contributed by atoms with E-state index in [0.717, 1.165) is 58.4 Å². The minimum atomic E-state index is -0.315. The number of ether oxygens (including phenoxy) is 2. The average Bonchev–Trinajstić information content (AvgIpc) is 3.20. The molecule has 7 heteroatoms. The lowest BCUT2D eigenvalue weighted by Gasteiger charge is -2.33. The summed E-state index contributed by atoms with van der Waals surface area (Å²) in [6, 6.07) is 2.14. The van der Waals surface area contributed by atoms with E-state index in [1.165, 1.54) is 12.0 Å². The molecule has 1 fully saturated rings. The lowest BCUT2D eigenvalue weighted by atomic mass is 9.93. The van der Waals surface area contributed by atoms with Gasteiger partial charge in [-0.15, -0.1) is 0 Å². The molecule has 0 unspecified atom stereocenters. The number of hydrogen-bond acceptors (Lipinski definition) is 5. The molecule has 1 saturated heterocycles. The Morgan fingerprint density at radius 3 is 2.45 bits per heavy atom. The Morgan fingerprint density at radius 2 is 1.76 bits per heavy atom. The van der Waals surface area contributed by atoms with Crippen LogP contribution >= 0.6 is 0 Å². The van der Waals surface area contributed by atoms with E-state index in [2.05, 4.69) is 6.07 Å². The predicted octanol–water partition coefficient (Wildman–Crippen LogP) is 4.72. The van der Waals surface area contributed by atoms with Crippen LogP contribution in [0.3, 0.4) is 0 Å². The lowest BCUT2D eigenvalue weighted by Crippen LogP contribution is -2.50. The largest absolute Gasteiger partial charge is 0.493 e. The fraction of sp³-hybridized carbons (Fsp3) is 0.538. The zero-order chi connectivity index (χ0) is 23.5. The smallest absolute Gasteiger partial charge is 0.409 e. The second kappa shape index (κ2) is 9.89. The molecule has 0 radical (unpaired) electrons. The standard InChI is InChI=1S/C26H34N2O5/c1-5-31-24-18(4)25-21(19-9-7-8-10-22(19)33-25)16-20(24)17(3)15-23(29)27-11-13-28(14-12-27)26(30)32-6-2/h15-16H,5-14H2,1-4H3/b17-15+. The highest BCUT2D eigenvalue weighted by atomic mass is 16.6. The molecule has 2 heterocycles. The molecule has 2 amide bonds. The molecule has 2 aliphatic rings. The Balaban J connectivity index is 1.60. The fourth-order valence-electron chi connectivity index (χ4n) is 4.84. The van der Waals surface area contributed by atoms with Crippen LogP contribution in [0, 0.1) is 6.92 Å². The van der Waals surface area contributed by atoms with Gasteiger partial charge in [0, 0.05) is 60.8 Å². The molecule has 1 aromatic heterocycles. The molecule has 0 N–H and O–H groups in total. The number of benzene rings is 1. The first kappa shape index (κ1) is 23.2. The van der Waals surface area contributed by atoms with Crippen molar-refractivity contribution in [2.45, 2.75) is 53.4 Å². The van der Waals surface area contributed by atoms with Gasteiger partial charge in [-0.3, -0.25) is 4.79 Å². The van der Waals surface area contributed by atoms with E-state index in [1.54, 1.807) is 22.8 Å². The summed E-state index contributed by atoms with van der Waals surface area (Å²) in [5.74, 6) is 1.83. The maximum Gasteiger partial charge on any atom is 0.409 e. The Morgan fingerprint density at radius 1 is 1.06 bits per heavy atom. The van der Waals surface area contributed by atoms with Gasteiger partial charge in [0.2, 0.25) is 5.91 Å². The predicted molar refractivity (Wildman–Crippen MR) is 128 cm³/mol. The molecule has 0 saturated carbocycles. The first-order valence-corrected chi connectivity index (χ1v) is 12.0.